The third kappa shape index (κ3) is 3.81. The highest BCUT2D eigenvalue weighted by molar-refractivity contribution is 6.04. The third-order valence-corrected chi connectivity index (χ3v) is 5.10. The van der Waals surface area contributed by atoms with Gasteiger partial charge in [0, 0.05) is 24.7 Å². The Balaban J connectivity index is 1.81. The van der Waals surface area contributed by atoms with Gasteiger partial charge in [0.25, 0.3) is 0 Å². The van der Waals surface area contributed by atoms with Crippen molar-refractivity contribution < 1.29 is 19.1 Å². The summed E-state index contributed by atoms with van der Waals surface area (Å²) in [6, 6.07) is 9.36. The summed E-state index contributed by atoms with van der Waals surface area (Å²) in [7, 11) is 3.12. The van der Waals surface area contributed by atoms with Crippen molar-refractivity contribution in [3.05, 3.63) is 47.0 Å². The number of benzene rings is 2. The quantitative estimate of drug-likeness (QED) is 0.858. The molecule has 1 N–H and O–H groups in total. The number of carbonyl (C=O) groups is 2. The van der Waals surface area contributed by atoms with E-state index in [0.717, 1.165) is 22.4 Å². The fourth-order valence-electron chi connectivity index (χ4n) is 3.73. The van der Waals surface area contributed by atoms with Crippen LogP contribution < -0.4 is 19.7 Å². The van der Waals surface area contributed by atoms with Crippen LogP contribution in [0.4, 0.5) is 11.4 Å². The topological polar surface area (TPSA) is 67.9 Å². The van der Waals surface area contributed by atoms with E-state index in [1.54, 1.807) is 37.3 Å². The molecule has 0 saturated carbocycles. The highest BCUT2D eigenvalue weighted by Crippen LogP contribution is 2.36. The molecule has 1 heterocycles. The van der Waals surface area contributed by atoms with Crippen molar-refractivity contribution in [2.75, 3.05) is 31.0 Å². The Morgan fingerprint density at radius 3 is 2.36 bits per heavy atom. The smallest absolute Gasteiger partial charge is 0.229 e. The molecule has 1 saturated heterocycles. The van der Waals surface area contributed by atoms with Gasteiger partial charge in [0.1, 0.15) is 11.5 Å². The molecule has 1 aliphatic heterocycles. The van der Waals surface area contributed by atoms with E-state index >= 15 is 0 Å². The summed E-state index contributed by atoms with van der Waals surface area (Å²) < 4.78 is 10.7. The molecule has 148 valence electrons. The number of nitrogens with zero attached hydrogens (tertiary/aromatic N) is 1. The predicted octanol–water partition coefficient (Wildman–Crippen LogP) is 3.62. The Morgan fingerprint density at radius 2 is 1.75 bits per heavy atom. The van der Waals surface area contributed by atoms with Crippen LogP contribution in [0.15, 0.2) is 30.3 Å². The number of hydrogen-bond donors (Lipinski definition) is 1. The van der Waals surface area contributed by atoms with E-state index in [-0.39, 0.29) is 18.2 Å². The van der Waals surface area contributed by atoms with Gasteiger partial charge in [-0.15, -0.1) is 0 Å². The van der Waals surface area contributed by atoms with E-state index < -0.39 is 5.92 Å². The zero-order valence-corrected chi connectivity index (χ0v) is 17.0. The lowest BCUT2D eigenvalue weighted by atomic mass is 10.0. The first-order chi connectivity index (χ1) is 13.3. The van der Waals surface area contributed by atoms with Crippen molar-refractivity contribution in [1.82, 2.24) is 0 Å². The maximum Gasteiger partial charge on any atom is 0.229 e. The van der Waals surface area contributed by atoms with Crippen LogP contribution in [0.2, 0.25) is 0 Å². The van der Waals surface area contributed by atoms with Crippen LogP contribution in [0, 0.1) is 26.7 Å². The number of ether oxygens (including phenoxy) is 2. The summed E-state index contributed by atoms with van der Waals surface area (Å²) in [4.78, 5) is 27.1. The highest BCUT2D eigenvalue weighted by atomic mass is 16.5. The molecule has 0 aliphatic carbocycles. The minimum Gasteiger partial charge on any atom is -0.497 e. The summed E-state index contributed by atoms with van der Waals surface area (Å²) >= 11 is 0. The Bertz CT molecular complexity index is 900. The first-order valence-electron chi connectivity index (χ1n) is 9.25. The Labute approximate surface area is 165 Å². The highest BCUT2D eigenvalue weighted by Gasteiger charge is 2.36. The fraction of sp³-hybridized carbons (Fsp3) is 0.364. The molecule has 0 aromatic heterocycles. The van der Waals surface area contributed by atoms with Gasteiger partial charge in [-0.1, -0.05) is 17.7 Å². The summed E-state index contributed by atoms with van der Waals surface area (Å²) in [6.07, 6.45) is 0.163. The van der Waals surface area contributed by atoms with Crippen LogP contribution in [-0.4, -0.2) is 32.6 Å². The molecule has 6 nitrogen and oxygen atoms in total. The second kappa shape index (κ2) is 7.92. The standard InChI is InChI=1S/C22H26N2O4/c1-13-8-14(2)21(15(3)9-13)23-22(26)16-10-20(25)24(12-16)18-11-17(27-4)6-7-19(18)28-5/h6-9,11,16H,10,12H2,1-5H3,(H,23,26). The number of methoxy groups -OCH3 is 2. The van der Waals surface area contributed by atoms with E-state index in [4.69, 9.17) is 9.47 Å². The number of aryl methyl sites for hydroxylation is 3. The van der Waals surface area contributed by atoms with Gasteiger partial charge in [-0.3, -0.25) is 9.59 Å². The molecule has 1 fully saturated rings. The van der Waals surface area contributed by atoms with E-state index in [1.807, 2.05) is 32.9 Å². The lowest BCUT2D eigenvalue weighted by Crippen LogP contribution is -2.28. The summed E-state index contributed by atoms with van der Waals surface area (Å²) in [6.45, 7) is 6.28. The molecular weight excluding hydrogens is 356 g/mol. The van der Waals surface area contributed by atoms with Crippen LogP contribution in [0.1, 0.15) is 23.1 Å². The molecule has 2 aromatic rings. The molecule has 1 atom stereocenters. The van der Waals surface area contributed by atoms with Crippen LogP contribution in [0.5, 0.6) is 11.5 Å². The SMILES string of the molecule is COc1ccc(OC)c(N2CC(C(=O)Nc3c(C)cc(C)cc3C)CC2=O)c1. The van der Waals surface area contributed by atoms with Crippen molar-refractivity contribution >= 4 is 23.2 Å². The molecular formula is C22H26N2O4. The number of carbonyl (C=O) groups excluding carboxylic acids is 2. The summed E-state index contributed by atoms with van der Waals surface area (Å²) in [5.74, 6) is 0.517. The molecule has 3 rings (SSSR count). The zero-order valence-electron chi connectivity index (χ0n) is 17.0. The second-order valence-electron chi connectivity index (χ2n) is 7.21. The molecule has 28 heavy (non-hydrogen) atoms. The lowest BCUT2D eigenvalue weighted by Gasteiger charge is -2.20. The average molecular weight is 382 g/mol. The molecule has 2 amide bonds. The van der Waals surface area contributed by atoms with Crippen molar-refractivity contribution in [2.45, 2.75) is 27.2 Å². The van der Waals surface area contributed by atoms with Crippen LogP contribution in [0.25, 0.3) is 0 Å². The third-order valence-electron chi connectivity index (χ3n) is 5.10. The molecule has 0 spiro atoms. The van der Waals surface area contributed by atoms with Gasteiger partial charge >= 0.3 is 0 Å². The number of hydrogen-bond acceptors (Lipinski definition) is 4. The maximum absolute atomic E-state index is 12.9. The number of amides is 2. The summed E-state index contributed by atoms with van der Waals surface area (Å²) in [5.41, 5.74) is 4.62. The monoisotopic (exact) mass is 382 g/mol. The van der Waals surface area contributed by atoms with Gasteiger partial charge in [0.15, 0.2) is 0 Å². The van der Waals surface area contributed by atoms with Crippen molar-refractivity contribution in [1.29, 1.82) is 0 Å². The minimum atomic E-state index is -0.427. The molecule has 1 aliphatic rings. The van der Waals surface area contributed by atoms with Crippen molar-refractivity contribution in [3.63, 3.8) is 0 Å². The Hall–Kier alpha value is -3.02. The fourth-order valence-corrected chi connectivity index (χ4v) is 3.73. The van der Waals surface area contributed by atoms with Gasteiger partial charge in [-0.2, -0.15) is 0 Å². The molecule has 0 bridgehead atoms. The van der Waals surface area contributed by atoms with Gasteiger partial charge in [0.2, 0.25) is 11.8 Å². The van der Waals surface area contributed by atoms with Crippen molar-refractivity contribution in [2.24, 2.45) is 5.92 Å². The predicted molar refractivity (Wildman–Crippen MR) is 109 cm³/mol. The lowest BCUT2D eigenvalue weighted by molar-refractivity contribution is -0.122. The molecule has 1 unspecified atom stereocenters. The molecule has 2 aromatic carbocycles. The van der Waals surface area contributed by atoms with Crippen LogP contribution >= 0.6 is 0 Å². The van der Waals surface area contributed by atoms with Crippen molar-refractivity contribution in [3.8, 4) is 11.5 Å². The average Bonchev–Trinajstić information content (AvgIpc) is 3.05. The Morgan fingerprint density at radius 1 is 1.07 bits per heavy atom. The van der Waals surface area contributed by atoms with Gasteiger partial charge < -0.3 is 19.7 Å². The minimum absolute atomic E-state index is 0.107. The van der Waals surface area contributed by atoms with Gasteiger partial charge in [-0.25, -0.2) is 0 Å². The normalized spacial score (nSPS) is 16.2. The first-order valence-corrected chi connectivity index (χ1v) is 9.25. The number of nitrogens with one attached hydrogen (secondary N) is 1. The van der Waals surface area contributed by atoms with E-state index in [2.05, 4.69) is 5.32 Å². The van der Waals surface area contributed by atoms with E-state index in [0.29, 0.717) is 23.7 Å². The number of rotatable bonds is 5. The first kappa shape index (κ1) is 19.7. The van der Waals surface area contributed by atoms with E-state index in [9.17, 15) is 9.59 Å². The van der Waals surface area contributed by atoms with Gasteiger partial charge in [0.05, 0.1) is 25.8 Å². The van der Waals surface area contributed by atoms with Crippen LogP contribution in [-0.2, 0) is 9.59 Å². The maximum atomic E-state index is 12.9. The van der Waals surface area contributed by atoms with Crippen LogP contribution in [0.3, 0.4) is 0 Å². The number of anilines is 2. The van der Waals surface area contributed by atoms with E-state index in [1.165, 1.54) is 0 Å². The Kier molecular flexibility index (Phi) is 5.58. The van der Waals surface area contributed by atoms with Gasteiger partial charge in [-0.05, 0) is 44.0 Å². The zero-order chi connectivity index (χ0) is 20.4. The summed E-state index contributed by atoms with van der Waals surface area (Å²) in [5, 5.41) is 3.02. The second-order valence-corrected chi connectivity index (χ2v) is 7.21. The largest absolute Gasteiger partial charge is 0.497 e. The molecule has 6 heteroatoms. The molecule has 0 radical (unpaired) electrons.